The maximum absolute atomic E-state index is 13.1. The third-order valence-electron chi connectivity index (χ3n) is 6.67. The van der Waals surface area contributed by atoms with Gasteiger partial charge in [-0.1, -0.05) is 44.2 Å². The van der Waals surface area contributed by atoms with Crippen molar-refractivity contribution >= 4 is 28.2 Å². The first-order valence-electron chi connectivity index (χ1n) is 12.8. The van der Waals surface area contributed by atoms with Gasteiger partial charge in [0.15, 0.2) is 16.6 Å². The van der Waals surface area contributed by atoms with E-state index >= 15 is 0 Å². The Morgan fingerprint density at radius 3 is 2.44 bits per heavy atom. The molecular weight excluding hydrogens is 472 g/mol. The predicted octanol–water partition coefficient (Wildman–Crippen LogP) is 4.47. The van der Waals surface area contributed by atoms with Gasteiger partial charge in [-0.3, -0.25) is 4.79 Å². The van der Waals surface area contributed by atoms with Crippen LogP contribution in [0.15, 0.2) is 53.3 Å². The topological polar surface area (TPSA) is 69.8 Å². The Kier molecular flexibility index (Phi) is 8.83. The summed E-state index contributed by atoms with van der Waals surface area (Å²) in [6, 6.07) is 16.0. The third kappa shape index (κ3) is 6.36. The second kappa shape index (κ2) is 12.2. The largest absolute Gasteiger partial charge is 0.486 e. The van der Waals surface area contributed by atoms with Crippen molar-refractivity contribution in [3.63, 3.8) is 0 Å². The summed E-state index contributed by atoms with van der Waals surface area (Å²) in [5, 5.41) is 5.03. The summed E-state index contributed by atoms with van der Waals surface area (Å²) in [7, 11) is 0. The molecule has 0 saturated carbocycles. The van der Waals surface area contributed by atoms with Crippen molar-refractivity contribution < 1.29 is 9.47 Å². The highest BCUT2D eigenvalue weighted by atomic mass is 32.1. The van der Waals surface area contributed by atoms with Crippen molar-refractivity contribution in [3.05, 3.63) is 70.0 Å². The molecule has 0 radical (unpaired) electrons. The minimum Gasteiger partial charge on any atom is -0.486 e. The summed E-state index contributed by atoms with van der Waals surface area (Å²) in [6.07, 6.45) is 0.952. The molecular formula is C28H36N4O3S. The quantitative estimate of drug-likeness (QED) is 0.392. The van der Waals surface area contributed by atoms with E-state index in [2.05, 4.69) is 53.0 Å². The summed E-state index contributed by atoms with van der Waals surface area (Å²) in [6.45, 7) is 11.7. The van der Waals surface area contributed by atoms with E-state index in [0.29, 0.717) is 41.9 Å². The van der Waals surface area contributed by atoms with E-state index in [1.54, 1.807) is 0 Å². The highest BCUT2D eigenvalue weighted by Crippen LogP contribution is 2.33. The number of aromatic amines is 1. The number of pyridine rings is 1. The van der Waals surface area contributed by atoms with Gasteiger partial charge < -0.3 is 29.6 Å². The zero-order valence-electron chi connectivity index (χ0n) is 21.4. The molecule has 7 nitrogen and oxygen atoms in total. The molecule has 2 aromatic carbocycles. The van der Waals surface area contributed by atoms with Gasteiger partial charge in [0.1, 0.15) is 13.2 Å². The molecule has 0 fully saturated rings. The van der Waals surface area contributed by atoms with E-state index in [-0.39, 0.29) is 11.6 Å². The first kappa shape index (κ1) is 26.0. The van der Waals surface area contributed by atoms with E-state index in [0.717, 1.165) is 43.5 Å². The van der Waals surface area contributed by atoms with E-state index in [4.69, 9.17) is 21.7 Å². The molecule has 36 heavy (non-hydrogen) atoms. The normalized spacial score (nSPS) is 13.6. The van der Waals surface area contributed by atoms with Gasteiger partial charge in [-0.15, -0.1) is 0 Å². The monoisotopic (exact) mass is 508 g/mol. The Morgan fingerprint density at radius 1 is 1.06 bits per heavy atom. The summed E-state index contributed by atoms with van der Waals surface area (Å²) in [5.41, 5.74) is 2.45. The standard InChI is InChI=1S/C28H36N4O3S/c1-4-31(5-2)12-9-13-32(28(36)29-20(3)21-10-7-6-8-11-21)19-23-16-22-17-25-26(35-15-14-34-25)18-24(22)30-27(23)33/h6-8,10-11,16-18,20H,4-5,9,12-15,19H2,1-3H3,(H,29,36)(H,30,33). The summed E-state index contributed by atoms with van der Waals surface area (Å²) >= 11 is 5.86. The van der Waals surface area contributed by atoms with Gasteiger partial charge in [-0.05, 0) is 62.9 Å². The maximum Gasteiger partial charge on any atom is 0.253 e. The van der Waals surface area contributed by atoms with E-state index in [9.17, 15) is 4.79 Å². The summed E-state index contributed by atoms with van der Waals surface area (Å²) < 4.78 is 11.4. The first-order valence-corrected chi connectivity index (χ1v) is 13.2. The molecule has 0 bridgehead atoms. The van der Waals surface area contributed by atoms with Crippen LogP contribution in [0.25, 0.3) is 10.9 Å². The minimum absolute atomic E-state index is 0.0579. The third-order valence-corrected chi connectivity index (χ3v) is 7.04. The molecule has 1 aromatic heterocycles. The fraction of sp³-hybridized carbons (Fsp3) is 0.429. The molecule has 0 amide bonds. The van der Waals surface area contributed by atoms with Crippen LogP contribution in [0.1, 0.15) is 44.4 Å². The van der Waals surface area contributed by atoms with Gasteiger partial charge >= 0.3 is 0 Å². The second-order valence-corrected chi connectivity index (χ2v) is 9.48. The summed E-state index contributed by atoms with van der Waals surface area (Å²) in [5.74, 6) is 1.37. The fourth-order valence-electron chi connectivity index (χ4n) is 4.49. The van der Waals surface area contributed by atoms with Crippen molar-refractivity contribution in [1.82, 2.24) is 20.1 Å². The van der Waals surface area contributed by atoms with Crippen LogP contribution in [-0.4, -0.2) is 59.3 Å². The van der Waals surface area contributed by atoms with E-state index in [1.165, 1.54) is 5.56 Å². The number of fused-ring (bicyclic) bond motifs is 2. The van der Waals surface area contributed by atoms with Crippen LogP contribution in [0.3, 0.4) is 0 Å². The molecule has 192 valence electrons. The van der Waals surface area contributed by atoms with Crippen molar-refractivity contribution in [1.29, 1.82) is 0 Å². The Morgan fingerprint density at radius 2 is 1.75 bits per heavy atom. The zero-order chi connectivity index (χ0) is 25.5. The van der Waals surface area contributed by atoms with Crippen LogP contribution >= 0.6 is 12.2 Å². The van der Waals surface area contributed by atoms with Gasteiger partial charge in [0.25, 0.3) is 5.56 Å². The maximum atomic E-state index is 13.1. The van der Waals surface area contributed by atoms with Gasteiger partial charge in [0.2, 0.25) is 0 Å². The number of H-pyrrole nitrogens is 1. The predicted molar refractivity (Wildman–Crippen MR) is 149 cm³/mol. The molecule has 1 aliphatic heterocycles. The first-order chi connectivity index (χ1) is 17.5. The lowest BCUT2D eigenvalue weighted by Gasteiger charge is -2.29. The van der Waals surface area contributed by atoms with E-state index < -0.39 is 0 Å². The lowest BCUT2D eigenvalue weighted by Crippen LogP contribution is -2.42. The number of ether oxygens (including phenoxy) is 2. The van der Waals surface area contributed by atoms with Crippen LogP contribution in [0.4, 0.5) is 0 Å². The number of rotatable bonds is 10. The molecule has 2 heterocycles. The number of hydrogen-bond donors (Lipinski definition) is 2. The van der Waals surface area contributed by atoms with Crippen molar-refractivity contribution in [2.75, 3.05) is 39.4 Å². The number of aromatic nitrogens is 1. The molecule has 0 saturated heterocycles. The Hall–Kier alpha value is -3.10. The van der Waals surface area contributed by atoms with Gasteiger partial charge in [-0.2, -0.15) is 0 Å². The Labute approximate surface area is 218 Å². The molecule has 0 spiro atoms. The molecule has 1 atom stereocenters. The van der Waals surface area contributed by atoms with Gasteiger partial charge in [-0.25, -0.2) is 0 Å². The average Bonchev–Trinajstić information content (AvgIpc) is 2.90. The summed E-state index contributed by atoms with van der Waals surface area (Å²) in [4.78, 5) is 20.6. The fourth-order valence-corrected chi connectivity index (χ4v) is 4.82. The smallest absolute Gasteiger partial charge is 0.253 e. The molecule has 8 heteroatoms. The second-order valence-electron chi connectivity index (χ2n) is 9.09. The number of nitrogens with one attached hydrogen (secondary N) is 2. The molecule has 1 aliphatic rings. The Balaban J connectivity index is 1.55. The van der Waals surface area contributed by atoms with Crippen molar-refractivity contribution in [2.24, 2.45) is 0 Å². The lowest BCUT2D eigenvalue weighted by molar-refractivity contribution is 0.172. The van der Waals surface area contributed by atoms with Gasteiger partial charge in [0, 0.05) is 23.6 Å². The van der Waals surface area contributed by atoms with E-state index in [1.807, 2.05) is 36.4 Å². The van der Waals surface area contributed by atoms with Crippen molar-refractivity contribution in [2.45, 2.75) is 39.8 Å². The van der Waals surface area contributed by atoms with Crippen LogP contribution in [0.2, 0.25) is 0 Å². The van der Waals surface area contributed by atoms with Crippen LogP contribution in [0, 0.1) is 0 Å². The van der Waals surface area contributed by atoms with Crippen LogP contribution < -0.4 is 20.3 Å². The lowest BCUT2D eigenvalue weighted by atomic mass is 10.1. The van der Waals surface area contributed by atoms with Crippen LogP contribution in [0.5, 0.6) is 11.5 Å². The van der Waals surface area contributed by atoms with Crippen LogP contribution in [-0.2, 0) is 6.54 Å². The minimum atomic E-state index is -0.119. The number of hydrogen-bond acceptors (Lipinski definition) is 5. The average molecular weight is 509 g/mol. The highest BCUT2D eigenvalue weighted by molar-refractivity contribution is 7.80. The number of benzene rings is 2. The van der Waals surface area contributed by atoms with Gasteiger partial charge in [0.05, 0.1) is 18.1 Å². The zero-order valence-corrected chi connectivity index (χ0v) is 22.2. The molecule has 2 N–H and O–H groups in total. The number of thiocarbonyl (C=S) groups is 1. The molecule has 1 unspecified atom stereocenters. The SMILES string of the molecule is CCN(CC)CCCN(Cc1cc2cc3c(cc2[nH]c1=O)OCCO3)C(=S)NC(C)c1ccccc1. The molecule has 0 aliphatic carbocycles. The molecule has 4 rings (SSSR count). The Bertz CT molecular complexity index is 1230. The van der Waals surface area contributed by atoms with Crippen molar-refractivity contribution in [3.8, 4) is 11.5 Å². The highest BCUT2D eigenvalue weighted by Gasteiger charge is 2.18. The number of nitrogens with zero attached hydrogens (tertiary/aromatic N) is 2. The molecule has 3 aromatic rings.